The van der Waals surface area contributed by atoms with Crippen LogP contribution in [0.15, 0.2) is 40.4 Å². The summed E-state index contributed by atoms with van der Waals surface area (Å²) in [5.74, 6) is 2.41. The lowest BCUT2D eigenvalue weighted by molar-refractivity contribution is -0.115. The fraction of sp³-hybridized carbons (Fsp3) is 0.652. The molecule has 4 heteroatoms. The molecule has 1 rings (SSSR count). The number of allylic oxidation sites excluding steroid dienone is 5. The number of nitrogens with zero attached hydrogens (tertiary/aromatic N) is 1. The first kappa shape index (κ1) is 23.4. The van der Waals surface area contributed by atoms with Crippen molar-refractivity contribution < 1.29 is 14.6 Å². The molecular formula is C23H37NO3. The van der Waals surface area contributed by atoms with Crippen LogP contribution in [-0.4, -0.2) is 23.2 Å². The SMILES string of the molecule is C\C=C(/N=C1/C=C(C(C)(C)C)O/C1=C/C)C(=O)CCCCC(CO)C(C)C. The molecule has 0 spiro atoms. The van der Waals surface area contributed by atoms with Crippen molar-refractivity contribution in [2.75, 3.05) is 6.61 Å². The smallest absolute Gasteiger partial charge is 0.180 e. The van der Waals surface area contributed by atoms with Crippen LogP contribution in [0.5, 0.6) is 0 Å². The first-order valence-electron chi connectivity index (χ1n) is 10.1. The van der Waals surface area contributed by atoms with E-state index in [1.165, 1.54) is 0 Å². The Kier molecular flexibility index (Phi) is 9.17. The molecule has 1 aliphatic heterocycles. The van der Waals surface area contributed by atoms with Gasteiger partial charge in [0.25, 0.3) is 0 Å². The molecule has 0 saturated heterocycles. The van der Waals surface area contributed by atoms with Crippen LogP contribution in [0.1, 0.15) is 74.1 Å². The molecule has 1 N–H and O–H groups in total. The quantitative estimate of drug-likeness (QED) is 0.422. The molecule has 1 unspecified atom stereocenters. The van der Waals surface area contributed by atoms with Crippen LogP contribution in [0.4, 0.5) is 0 Å². The minimum absolute atomic E-state index is 0.0585. The molecule has 152 valence electrons. The van der Waals surface area contributed by atoms with Gasteiger partial charge in [0.2, 0.25) is 0 Å². The maximum atomic E-state index is 12.6. The molecule has 0 aromatic carbocycles. The van der Waals surface area contributed by atoms with Crippen LogP contribution < -0.4 is 0 Å². The first-order chi connectivity index (χ1) is 12.6. The van der Waals surface area contributed by atoms with Crippen LogP contribution in [-0.2, 0) is 9.53 Å². The highest BCUT2D eigenvalue weighted by Crippen LogP contribution is 2.33. The Labute approximate surface area is 165 Å². The van der Waals surface area contributed by atoms with E-state index in [-0.39, 0.29) is 17.8 Å². The zero-order chi connectivity index (χ0) is 20.6. The predicted octanol–water partition coefficient (Wildman–Crippen LogP) is 5.59. The van der Waals surface area contributed by atoms with Gasteiger partial charge >= 0.3 is 0 Å². The van der Waals surface area contributed by atoms with Gasteiger partial charge in [-0.15, -0.1) is 0 Å². The molecule has 1 atom stereocenters. The molecule has 0 fully saturated rings. The molecule has 0 aromatic rings. The lowest BCUT2D eigenvalue weighted by Crippen LogP contribution is -2.13. The summed E-state index contributed by atoms with van der Waals surface area (Å²) in [5, 5.41) is 9.40. The lowest BCUT2D eigenvalue weighted by atomic mass is 9.91. The van der Waals surface area contributed by atoms with Crippen molar-refractivity contribution in [3.05, 3.63) is 35.4 Å². The third kappa shape index (κ3) is 7.10. The van der Waals surface area contributed by atoms with E-state index in [2.05, 4.69) is 39.6 Å². The molecule has 0 aliphatic carbocycles. The number of aliphatic imine (C=N–C) groups is 1. The van der Waals surface area contributed by atoms with Crippen LogP contribution in [0.25, 0.3) is 0 Å². The van der Waals surface area contributed by atoms with Gasteiger partial charge < -0.3 is 9.84 Å². The highest BCUT2D eigenvalue weighted by Gasteiger charge is 2.28. The minimum Gasteiger partial charge on any atom is -0.459 e. The molecule has 1 aliphatic rings. The number of aliphatic hydroxyl groups is 1. The largest absolute Gasteiger partial charge is 0.459 e. The first-order valence-corrected chi connectivity index (χ1v) is 10.1. The van der Waals surface area contributed by atoms with E-state index < -0.39 is 0 Å². The second-order valence-electron chi connectivity index (χ2n) is 8.54. The Morgan fingerprint density at radius 2 is 1.93 bits per heavy atom. The van der Waals surface area contributed by atoms with Crippen molar-refractivity contribution in [1.29, 1.82) is 0 Å². The summed E-state index contributed by atoms with van der Waals surface area (Å²) in [5.41, 5.74) is 1.09. The Bertz CT molecular complexity index is 630. The molecule has 0 saturated carbocycles. The van der Waals surface area contributed by atoms with Gasteiger partial charge in [0.15, 0.2) is 5.78 Å². The maximum Gasteiger partial charge on any atom is 0.180 e. The van der Waals surface area contributed by atoms with Gasteiger partial charge in [-0.1, -0.05) is 47.1 Å². The van der Waals surface area contributed by atoms with Gasteiger partial charge in [0, 0.05) is 24.5 Å². The van der Waals surface area contributed by atoms with Crippen molar-refractivity contribution in [2.24, 2.45) is 22.2 Å². The Morgan fingerprint density at radius 3 is 2.41 bits per heavy atom. The van der Waals surface area contributed by atoms with Crippen molar-refractivity contribution in [1.82, 2.24) is 0 Å². The normalized spacial score (nSPS) is 19.6. The zero-order valence-electron chi connectivity index (χ0n) is 18.1. The molecule has 27 heavy (non-hydrogen) atoms. The maximum absolute atomic E-state index is 12.6. The molecule has 0 amide bonds. The second kappa shape index (κ2) is 10.6. The van der Waals surface area contributed by atoms with Crippen molar-refractivity contribution in [2.45, 2.75) is 74.1 Å². The van der Waals surface area contributed by atoms with Gasteiger partial charge in [-0.2, -0.15) is 0 Å². The molecular weight excluding hydrogens is 338 g/mol. The van der Waals surface area contributed by atoms with Crippen molar-refractivity contribution in [3.8, 4) is 0 Å². The fourth-order valence-electron chi connectivity index (χ4n) is 2.93. The number of ether oxygens (including phenoxy) is 1. The summed E-state index contributed by atoms with van der Waals surface area (Å²) < 4.78 is 5.90. The van der Waals surface area contributed by atoms with Crippen LogP contribution >= 0.6 is 0 Å². The van der Waals surface area contributed by atoms with E-state index in [0.717, 1.165) is 25.0 Å². The zero-order valence-corrected chi connectivity index (χ0v) is 18.1. The molecule has 0 bridgehead atoms. The topological polar surface area (TPSA) is 58.9 Å². The van der Waals surface area contributed by atoms with Crippen molar-refractivity contribution in [3.63, 3.8) is 0 Å². The lowest BCUT2D eigenvalue weighted by Gasteiger charge is -2.18. The van der Waals surface area contributed by atoms with E-state index in [9.17, 15) is 9.90 Å². The minimum atomic E-state index is -0.106. The summed E-state index contributed by atoms with van der Waals surface area (Å²) in [6, 6.07) is 0. The Hall–Kier alpha value is -1.68. The monoisotopic (exact) mass is 375 g/mol. The molecule has 4 nitrogen and oxygen atoms in total. The Morgan fingerprint density at radius 1 is 1.26 bits per heavy atom. The third-order valence-corrected chi connectivity index (χ3v) is 4.95. The van der Waals surface area contributed by atoms with Gasteiger partial charge in [0.1, 0.15) is 22.9 Å². The number of aliphatic hydroxyl groups excluding tert-OH is 1. The van der Waals surface area contributed by atoms with Crippen LogP contribution in [0.3, 0.4) is 0 Å². The molecule has 0 aromatic heterocycles. The van der Waals surface area contributed by atoms with Gasteiger partial charge in [-0.05, 0) is 44.6 Å². The van der Waals surface area contributed by atoms with Gasteiger partial charge in [0.05, 0.1) is 0 Å². The summed E-state index contributed by atoms with van der Waals surface area (Å²) >= 11 is 0. The number of unbranched alkanes of at least 4 members (excludes halogenated alkanes) is 1. The van der Waals surface area contributed by atoms with E-state index >= 15 is 0 Å². The van der Waals surface area contributed by atoms with Crippen LogP contribution in [0, 0.1) is 17.3 Å². The second-order valence-corrected chi connectivity index (χ2v) is 8.54. The number of carbonyl (C=O) groups excluding carboxylic acids is 1. The highest BCUT2D eigenvalue weighted by atomic mass is 16.5. The number of hydrogen-bond donors (Lipinski definition) is 1. The summed E-state index contributed by atoms with van der Waals surface area (Å²) in [6.07, 6.45) is 8.79. The standard InChI is InChI=1S/C23H37NO3/c1-8-18(20(26)13-11-10-12-17(15-25)16(3)4)24-19-14-22(23(5,6)7)27-21(19)9-2/h8-9,14,16-17,25H,10-13,15H2,1-7H3/b18-8-,21-9+,24-19-. The van der Waals surface area contributed by atoms with Crippen molar-refractivity contribution >= 4 is 11.5 Å². The number of Topliss-reactive ketones (excluding diaryl/α,β-unsaturated/α-hetero) is 1. The third-order valence-electron chi connectivity index (χ3n) is 4.95. The van der Waals surface area contributed by atoms with E-state index in [1.54, 1.807) is 6.08 Å². The average Bonchev–Trinajstić information content (AvgIpc) is 3.02. The summed E-state index contributed by atoms with van der Waals surface area (Å²) in [7, 11) is 0. The van der Waals surface area contributed by atoms with E-state index in [4.69, 9.17) is 4.74 Å². The van der Waals surface area contributed by atoms with E-state index in [0.29, 0.717) is 35.4 Å². The number of rotatable bonds is 9. The number of ketones is 1. The molecule has 1 heterocycles. The fourth-order valence-corrected chi connectivity index (χ4v) is 2.93. The summed E-state index contributed by atoms with van der Waals surface area (Å²) in [4.78, 5) is 17.2. The number of carbonyl (C=O) groups is 1. The average molecular weight is 376 g/mol. The van der Waals surface area contributed by atoms with E-state index in [1.807, 2.05) is 26.0 Å². The van der Waals surface area contributed by atoms with Crippen LogP contribution in [0.2, 0.25) is 0 Å². The number of hydrogen-bond acceptors (Lipinski definition) is 4. The van der Waals surface area contributed by atoms with Gasteiger partial charge in [-0.3, -0.25) is 4.79 Å². The van der Waals surface area contributed by atoms with Gasteiger partial charge in [-0.25, -0.2) is 4.99 Å². The predicted molar refractivity (Wildman–Crippen MR) is 112 cm³/mol. The Balaban J connectivity index is 2.73. The highest BCUT2D eigenvalue weighted by molar-refractivity contribution is 6.11. The summed E-state index contributed by atoms with van der Waals surface area (Å²) in [6.45, 7) is 14.5. The molecule has 0 radical (unpaired) electrons.